The number of nitrogens with one attached hydrogen (secondary N) is 1. The molecule has 0 radical (unpaired) electrons. The van der Waals surface area contributed by atoms with Gasteiger partial charge in [0.1, 0.15) is 0 Å². The first-order valence-corrected chi connectivity index (χ1v) is 7.88. The quantitative estimate of drug-likeness (QED) is 0.625. The Kier molecular flexibility index (Phi) is 5.97. The molecule has 3 heteroatoms. The van der Waals surface area contributed by atoms with Crippen LogP contribution in [0.25, 0.3) is 0 Å². The second-order valence-electron chi connectivity index (χ2n) is 7.48. The van der Waals surface area contributed by atoms with Crippen LogP contribution in [-0.4, -0.2) is 30.6 Å². The molecule has 0 heterocycles. The monoisotopic (exact) mass is 291 g/mol. The van der Waals surface area contributed by atoms with E-state index in [0.29, 0.717) is 0 Å². The molecule has 3 N–H and O–H groups in total. The van der Waals surface area contributed by atoms with E-state index in [0.717, 1.165) is 12.8 Å². The van der Waals surface area contributed by atoms with Crippen LogP contribution in [0.2, 0.25) is 0 Å². The van der Waals surface area contributed by atoms with Crippen molar-refractivity contribution in [1.29, 1.82) is 0 Å². The summed E-state index contributed by atoms with van der Waals surface area (Å²) in [7, 11) is 4.24. The summed E-state index contributed by atoms with van der Waals surface area (Å²) < 4.78 is 0. The van der Waals surface area contributed by atoms with E-state index in [2.05, 4.69) is 83.3 Å². The molecular weight excluding hydrogens is 258 g/mol. The molecule has 0 saturated carbocycles. The lowest BCUT2D eigenvalue weighted by molar-refractivity contribution is 0.112. The highest BCUT2D eigenvalue weighted by atomic mass is 15.3. The Labute approximate surface area is 130 Å². The number of benzene rings is 1. The van der Waals surface area contributed by atoms with Gasteiger partial charge in [-0.05, 0) is 50.4 Å². The molecule has 0 bridgehead atoms. The molecule has 2 unspecified atom stereocenters. The molecule has 1 rings (SSSR count). The van der Waals surface area contributed by atoms with Crippen molar-refractivity contribution in [3.63, 3.8) is 0 Å². The first kappa shape index (κ1) is 18.1. The summed E-state index contributed by atoms with van der Waals surface area (Å²) in [5, 5.41) is 0. The molecule has 0 aliphatic carbocycles. The summed E-state index contributed by atoms with van der Waals surface area (Å²) in [6.45, 7) is 11.2. The number of hydrogen-bond donors (Lipinski definition) is 2. The zero-order valence-corrected chi connectivity index (χ0v) is 14.8. The summed E-state index contributed by atoms with van der Waals surface area (Å²) in [4.78, 5) is 2.26. The van der Waals surface area contributed by atoms with Crippen molar-refractivity contribution in [2.24, 2.45) is 5.84 Å². The molecule has 0 fully saturated rings. The Balaban J connectivity index is 2.92. The number of nitrogens with zero attached hydrogens (tertiary/aromatic N) is 1. The molecule has 0 aromatic heterocycles. The first-order chi connectivity index (χ1) is 9.65. The van der Waals surface area contributed by atoms with Gasteiger partial charge in [0.15, 0.2) is 0 Å². The highest BCUT2D eigenvalue weighted by molar-refractivity contribution is 5.28. The van der Waals surface area contributed by atoms with Gasteiger partial charge in [0.2, 0.25) is 0 Å². The third-order valence-corrected chi connectivity index (χ3v) is 4.95. The zero-order chi connectivity index (χ0) is 16.3. The summed E-state index contributed by atoms with van der Waals surface area (Å²) in [5.41, 5.74) is 5.96. The van der Waals surface area contributed by atoms with Crippen molar-refractivity contribution in [3.8, 4) is 0 Å². The van der Waals surface area contributed by atoms with E-state index in [1.165, 1.54) is 11.1 Å². The van der Waals surface area contributed by atoms with Gasteiger partial charge in [-0.2, -0.15) is 0 Å². The van der Waals surface area contributed by atoms with Crippen molar-refractivity contribution in [3.05, 3.63) is 35.4 Å². The smallest absolute Gasteiger partial charge is 0.0432 e. The highest BCUT2D eigenvalue weighted by Gasteiger charge is 2.34. The van der Waals surface area contributed by atoms with E-state index in [1.54, 1.807) is 0 Å². The molecule has 0 aliphatic heterocycles. The van der Waals surface area contributed by atoms with Crippen molar-refractivity contribution in [2.75, 3.05) is 14.1 Å². The van der Waals surface area contributed by atoms with E-state index < -0.39 is 0 Å². The van der Waals surface area contributed by atoms with Gasteiger partial charge in [-0.25, -0.2) is 0 Å². The van der Waals surface area contributed by atoms with Crippen molar-refractivity contribution >= 4 is 0 Å². The third kappa shape index (κ3) is 4.29. The van der Waals surface area contributed by atoms with Gasteiger partial charge in [0, 0.05) is 11.6 Å². The molecule has 0 aliphatic rings. The Morgan fingerprint density at radius 3 is 1.95 bits per heavy atom. The molecular formula is C18H33N3. The van der Waals surface area contributed by atoms with Crippen LogP contribution in [0, 0.1) is 0 Å². The topological polar surface area (TPSA) is 41.3 Å². The second-order valence-corrected chi connectivity index (χ2v) is 7.48. The Bertz CT molecular complexity index is 431. The molecule has 0 saturated heterocycles. The van der Waals surface area contributed by atoms with Crippen LogP contribution in [0.3, 0.4) is 0 Å². The third-order valence-electron chi connectivity index (χ3n) is 4.95. The number of rotatable bonds is 6. The Morgan fingerprint density at radius 1 is 1.10 bits per heavy atom. The van der Waals surface area contributed by atoms with Gasteiger partial charge >= 0.3 is 0 Å². The standard InChI is InChI=1S/C18H33N3/c1-8-18(5,21(6)7)16(20-19)13-14-9-11-15(12-10-14)17(2,3)4/h9-12,16,20H,8,13,19H2,1-7H3. The van der Waals surface area contributed by atoms with Crippen LogP contribution in [0.5, 0.6) is 0 Å². The molecule has 21 heavy (non-hydrogen) atoms. The number of likely N-dealkylation sites (N-methyl/N-ethyl adjacent to an activating group) is 1. The molecule has 3 nitrogen and oxygen atoms in total. The van der Waals surface area contributed by atoms with Crippen LogP contribution in [0.1, 0.15) is 52.2 Å². The van der Waals surface area contributed by atoms with Gasteiger partial charge in [-0.3, -0.25) is 11.3 Å². The Hall–Kier alpha value is -0.900. The maximum atomic E-state index is 5.84. The molecule has 0 amide bonds. The summed E-state index contributed by atoms with van der Waals surface area (Å²) in [6, 6.07) is 9.16. The van der Waals surface area contributed by atoms with E-state index in [1.807, 2.05) is 0 Å². The summed E-state index contributed by atoms with van der Waals surface area (Å²) >= 11 is 0. The van der Waals surface area contributed by atoms with E-state index >= 15 is 0 Å². The maximum Gasteiger partial charge on any atom is 0.0432 e. The van der Waals surface area contributed by atoms with Crippen LogP contribution >= 0.6 is 0 Å². The van der Waals surface area contributed by atoms with Gasteiger partial charge in [-0.15, -0.1) is 0 Å². The predicted octanol–water partition coefficient (Wildman–Crippen LogP) is 3.09. The minimum Gasteiger partial charge on any atom is -0.302 e. The van der Waals surface area contributed by atoms with Crippen molar-refractivity contribution < 1.29 is 0 Å². The summed E-state index contributed by atoms with van der Waals surface area (Å²) in [5.74, 6) is 5.84. The van der Waals surface area contributed by atoms with Gasteiger partial charge in [-0.1, -0.05) is 52.0 Å². The largest absolute Gasteiger partial charge is 0.302 e. The fourth-order valence-electron chi connectivity index (χ4n) is 2.71. The summed E-state index contributed by atoms with van der Waals surface area (Å²) in [6.07, 6.45) is 1.98. The van der Waals surface area contributed by atoms with E-state index in [4.69, 9.17) is 5.84 Å². The van der Waals surface area contributed by atoms with Crippen molar-refractivity contribution in [2.45, 2.75) is 64.5 Å². The van der Waals surface area contributed by atoms with Crippen LogP contribution in [0.4, 0.5) is 0 Å². The maximum absolute atomic E-state index is 5.84. The molecule has 0 spiro atoms. The first-order valence-electron chi connectivity index (χ1n) is 7.88. The van der Waals surface area contributed by atoms with Crippen LogP contribution < -0.4 is 11.3 Å². The van der Waals surface area contributed by atoms with Crippen molar-refractivity contribution in [1.82, 2.24) is 10.3 Å². The molecule has 1 aromatic rings. The lowest BCUT2D eigenvalue weighted by Gasteiger charge is -2.42. The SMILES string of the molecule is CCC(C)(C(Cc1ccc(C(C)(C)C)cc1)NN)N(C)C. The van der Waals surface area contributed by atoms with Gasteiger partial charge in [0.25, 0.3) is 0 Å². The Morgan fingerprint density at radius 2 is 1.62 bits per heavy atom. The van der Waals surface area contributed by atoms with Gasteiger partial charge < -0.3 is 4.90 Å². The minimum atomic E-state index is 0.0391. The molecule has 120 valence electrons. The number of hydrazine groups is 1. The second kappa shape index (κ2) is 6.91. The average Bonchev–Trinajstić information content (AvgIpc) is 2.43. The van der Waals surface area contributed by atoms with E-state index in [-0.39, 0.29) is 17.0 Å². The lowest BCUT2D eigenvalue weighted by atomic mass is 9.83. The minimum absolute atomic E-state index is 0.0391. The zero-order valence-electron chi connectivity index (χ0n) is 14.8. The lowest BCUT2D eigenvalue weighted by Crippen LogP contribution is -2.59. The fraction of sp³-hybridized carbons (Fsp3) is 0.667. The normalized spacial score (nSPS) is 16.8. The van der Waals surface area contributed by atoms with Gasteiger partial charge in [0.05, 0.1) is 0 Å². The van der Waals surface area contributed by atoms with Crippen LogP contribution in [-0.2, 0) is 11.8 Å². The highest BCUT2D eigenvalue weighted by Crippen LogP contribution is 2.25. The van der Waals surface area contributed by atoms with E-state index in [9.17, 15) is 0 Å². The molecule has 1 aromatic carbocycles. The number of nitrogens with two attached hydrogens (primary N) is 1. The fourth-order valence-corrected chi connectivity index (χ4v) is 2.71. The average molecular weight is 291 g/mol. The number of hydrogen-bond acceptors (Lipinski definition) is 3. The predicted molar refractivity (Wildman–Crippen MR) is 92.3 cm³/mol. The van der Waals surface area contributed by atoms with Crippen LogP contribution in [0.15, 0.2) is 24.3 Å². The molecule has 2 atom stereocenters.